The van der Waals surface area contributed by atoms with Crippen molar-refractivity contribution in [3.05, 3.63) is 35.8 Å². The van der Waals surface area contributed by atoms with E-state index in [0.717, 1.165) is 0 Å². The third-order valence-electron chi connectivity index (χ3n) is 2.18. The molecule has 0 aromatic heterocycles. The van der Waals surface area contributed by atoms with E-state index in [2.05, 4.69) is 4.74 Å². The first-order valence-electron chi connectivity index (χ1n) is 6.54. The zero-order chi connectivity index (χ0) is 13.6. The first-order valence-corrected chi connectivity index (χ1v) is 4.04. The van der Waals surface area contributed by atoms with E-state index in [0.29, 0.717) is 6.42 Å². The highest BCUT2D eigenvalue weighted by Crippen LogP contribution is 2.47. The molecular formula is C11H12O2. The molecular weight excluding hydrogens is 164 g/mol. The zero-order valence-corrected chi connectivity index (χ0v) is 7.18. The Morgan fingerprint density at radius 3 is 2.85 bits per heavy atom. The highest BCUT2D eigenvalue weighted by Gasteiger charge is 2.44. The fraction of sp³-hybridized carbons (Fsp3) is 0.364. The third-order valence-corrected chi connectivity index (χ3v) is 2.18. The Balaban J connectivity index is 2.45. The summed E-state index contributed by atoms with van der Waals surface area (Å²) < 4.78 is 42.7. The van der Waals surface area contributed by atoms with Crippen molar-refractivity contribution in [1.29, 1.82) is 0 Å². The topological polar surface area (TPSA) is 26.3 Å². The Hall–Kier alpha value is -1.31. The van der Waals surface area contributed by atoms with Gasteiger partial charge in [0.25, 0.3) is 0 Å². The molecule has 2 atom stereocenters. The monoisotopic (exact) mass is 181 g/mol. The standard InChI is InChI=1S/C11H12O2/c1-13-11(12)10-7-9(10)8-5-3-2-4-6-8/h2-6,9-10H,7H2,1H3/t9-,10+/m1/s1/i2D,3D,4D,5D,6D. The average molecular weight is 181 g/mol. The van der Waals surface area contributed by atoms with Gasteiger partial charge in [-0.2, -0.15) is 0 Å². The van der Waals surface area contributed by atoms with Crippen LogP contribution in [-0.4, -0.2) is 13.1 Å². The summed E-state index contributed by atoms with van der Waals surface area (Å²) in [6.45, 7) is 0. The van der Waals surface area contributed by atoms with Gasteiger partial charge >= 0.3 is 5.97 Å². The first-order chi connectivity index (χ1) is 8.40. The molecule has 0 amide bonds. The van der Waals surface area contributed by atoms with Crippen molar-refractivity contribution in [3.8, 4) is 0 Å². The Bertz CT molecular complexity index is 500. The van der Waals surface area contributed by atoms with Crippen LogP contribution in [0.2, 0.25) is 0 Å². The number of hydrogen-bond donors (Lipinski definition) is 0. The van der Waals surface area contributed by atoms with E-state index in [1.165, 1.54) is 7.11 Å². The van der Waals surface area contributed by atoms with Crippen LogP contribution in [-0.2, 0) is 9.53 Å². The fourth-order valence-corrected chi connectivity index (χ4v) is 1.37. The molecule has 1 aromatic carbocycles. The lowest BCUT2D eigenvalue weighted by Gasteiger charge is -1.98. The van der Waals surface area contributed by atoms with Gasteiger partial charge in [-0.15, -0.1) is 0 Å². The number of carbonyl (C=O) groups is 1. The largest absolute Gasteiger partial charge is 0.469 e. The van der Waals surface area contributed by atoms with Crippen molar-refractivity contribution in [1.82, 2.24) is 0 Å². The van der Waals surface area contributed by atoms with Crippen molar-refractivity contribution >= 4 is 5.97 Å². The van der Waals surface area contributed by atoms with Crippen LogP contribution in [0.25, 0.3) is 0 Å². The molecule has 1 fully saturated rings. The Morgan fingerprint density at radius 1 is 1.54 bits per heavy atom. The molecule has 0 spiro atoms. The normalized spacial score (nSPS) is 30.7. The molecule has 1 aliphatic carbocycles. The molecule has 68 valence electrons. The molecule has 2 heteroatoms. The summed E-state index contributed by atoms with van der Waals surface area (Å²) in [5.74, 6) is -1.11. The molecule has 0 radical (unpaired) electrons. The van der Waals surface area contributed by atoms with Gasteiger partial charge in [0.2, 0.25) is 0 Å². The van der Waals surface area contributed by atoms with Crippen molar-refractivity contribution in [3.63, 3.8) is 0 Å². The van der Waals surface area contributed by atoms with Crippen LogP contribution in [0.5, 0.6) is 0 Å². The SMILES string of the molecule is [2H]c1c([2H])c([2H])c([C@H]2C[C@@H]2C(=O)OC)c([2H])c1[2H]. The minimum absolute atomic E-state index is 0.219. The second-order valence-electron chi connectivity index (χ2n) is 3.01. The second-order valence-corrected chi connectivity index (χ2v) is 3.01. The molecule has 0 bridgehead atoms. The lowest BCUT2D eigenvalue weighted by atomic mass is 10.1. The van der Waals surface area contributed by atoms with Crippen LogP contribution in [0.15, 0.2) is 30.2 Å². The molecule has 0 heterocycles. The minimum Gasteiger partial charge on any atom is -0.469 e. The highest BCUT2D eigenvalue weighted by molar-refractivity contribution is 5.77. The summed E-state index contributed by atoms with van der Waals surface area (Å²) in [6.07, 6.45) is 0.473. The van der Waals surface area contributed by atoms with Gasteiger partial charge in [-0.1, -0.05) is 30.2 Å². The molecule has 1 saturated carbocycles. The van der Waals surface area contributed by atoms with E-state index >= 15 is 0 Å². The van der Waals surface area contributed by atoms with Crippen LogP contribution in [0.1, 0.15) is 24.8 Å². The van der Waals surface area contributed by atoms with Crippen molar-refractivity contribution < 1.29 is 16.4 Å². The number of carbonyl (C=O) groups excluding carboxylic acids is 1. The van der Waals surface area contributed by atoms with E-state index in [9.17, 15) is 4.79 Å². The molecule has 1 aromatic rings. The Morgan fingerprint density at radius 2 is 2.23 bits per heavy atom. The zero-order valence-electron chi connectivity index (χ0n) is 12.2. The summed E-state index contributed by atoms with van der Waals surface area (Å²) in [6, 6.07) is -1.58. The molecule has 0 N–H and O–H groups in total. The summed E-state index contributed by atoms with van der Waals surface area (Å²) >= 11 is 0. The van der Waals surface area contributed by atoms with Gasteiger partial charge in [0.1, 0.15) is 0 Å². The molecule has 2 rings (SSSR count). The van der Waals surface area contributed by atoms with Gasteiger partial charge in [0, 0.05) is 0 Å². The van der Waals surface area contributed by atoms with E-state index in [1.54, 1.807) is 0 Å². The lowest BCUT2D eigenvalue weighted by molar-refractivity contribution is -0.142. The van der Waals surface area contributed by atoms with E-state index < -0.39 is 17.9 Å². The molecule has 2 nitrogen and oxygen atoms in total. The molecule has 13 heavy (non-hydrogen) atoms. The minimum atomic E-state index is -0.413. The predicted octanol–water partition coefficient (Wildman–Crippen LogP) is 1.96. The average Bonchev–Trinajstić information content (AvgIpc) is 3.13. The number of rotatable bonds is 2. The maximum absolute atomic E-state index is 11.3. The van der Waals surface area contributed by atoms with Gasteiger partial charge in [0.15, 0.2) is 0 Å². The highest BCUT2D eigenvalue weighted by atomic mass is 16.5. The van der Waals surface area contributed by atoms with Crippen LogP contribution in [0, 0.1) is 5.92 Å². The molecule has 0 unspecified atom stereocenters. The number of ether oxygens (including phenoxy) is 1. The van der Waals surface area contributed by atoms with Crippen molar-refractivity contribution in [2.75, 3.05) is 7.11 Å². The van der Waals surface area contributed by atoms with Gasteiger partial charge < -0.3 is 4.74 Å². The van der Waals surface area contributed by atoms with Crippen LogP contribution in [0.3, 0.4) is 0 Å². The van der Waals surface area contributed by atoms with E-state index in [-0.39, 0.29) is 35.7 Å². The smallest absolute Gasteiger partial charge is 0.309 e. The predicted molar refractivity (Wildman–Crippen MR) is 49.3 cm³/mol. The van der Waals surface area contributed by atoms with Gasteiger partial charge in [-0.25, -0.2) is 0 Å². The molecule has 0 saturated heterocycles. The molecule has 1 aliphatic rings. The second kappa shape index (κ2) is 3.21. The first kappa shape index (κ1) is 4.27. The van der Waals surface area contributed by atoms with E-state index in [4.69, 9.17) is 6.85 Å². The maximum Gasteiger partial charge on any atom is 0.309 e. The number of esters is 1. The van der Waals surface area contributed by atoms with Gasteiger partial charge in [0.05, 0.1) is 19.9 Å². The maximum atomic E-state index is 11.3. The summed E-state index contributed by atoms with van der Waals surface area (Å²) in [7, 11) is 1.28. The van der Waals surface area contributed by atoms with Crippen molar-refractivity contribution in [2.24, 2.45) is 5.92 Å². The van der Waals surface area contributed by atoms with Crippen LogP contribution < -0.4 is 0 Å². The lowest BCUT2D eigenvalue weighted by Crippen LogP contribution is -2.03. The fourth-order valence-electron chi connectivity index (χ4n) is 1.37. The van der Waals surface area contributed by atoms with Gasteiger partial charge in [-0.05, 0) is 17.9 Å². The number of hydrogen-bond acceptors (Lipinski definition) is 2. The van der Waals surface area contributed by atoms with Crippen LogP contribution in [0.4, 0.5) is 0 Å². The van der Waals surface area contributed by atoms with Gasteiger partial charge in [-0.3, -0.25) is 4.79 Å². The number of benzene rings is 1. The quantitative estimate of drug-likeness (QED) is 0.652. The summed E-state index contributed by atoms with van der Waals surface area (Å²) in [5.41, 5.74) is 0.219. The van der Waals surface area contributed by atoms with E-state index in [1.807, 2.05) is 0 Å². The summed E-state index contributed by atoms with van der Waals surface area (Å²) in [5, 5.41) is 0. The Kier molecular flexibility index (Phi) is 1.05. The molecule has 0 aliphatic heterocycles. The summed E-state index contributed by atoms with van der Waals surface area (Å²) in [4.78, 5) is 11.3. The van der Waals surface area contributed by atoms with Crippen LogP contribution >= 0.6 is 0 Å². The Labute approximate surface area is 84.6 Å². The number of methoxy groups -OCH3 is 1. The third kappa shape index (κ3) is 1.57. The van der Waals surface area contributed by atoms with Crippen molar-refractivity contribution in [2.45, 2.75) is 12.3 Å².